The maximum atomic E-state index is 13.1. The van der Waals surface area contributed by atoms with Crippen LogP contribution in [0.15, 0.2) is 52.3 Å². The molecule has 192 valence electrons. The van der Waals surface area contributed by atoms with Gasteiger partial charge in [-0.1, -0.05) is 29.2 Å². The van der Waals surface area contributed by atoms with Gasteiger partial charge in [-0.3, -0.25) is 29.1 Å². The summed E-state index contributed by atoms with van der Waals surface area (Å²) in [5.74, 6) is -0.851. The normalized spacial score (nSPS) is 20.0. The molecule has 10 nitrogen and oxygen atoms in total. The number of amides is 3. The van der Waals surface area contributed by atoms with Crippen LogP contribution >= 0.6 is 23.1 Å². The molecule has 2 aliphatic heterocycles. The van der Waals surface area contributed by atoms with E-state index in [0.29, 0.717) is 38.4 Å². The van der Waals surface area contributed by atoms with Gasteiger partial charge in [0.2, 0.25) is 17.7 Å². The van der Waals surface area contributed by atoms with Crippen LogP contribution in [0.4, 0.5) is 5.69 Å². The third kappa shape index (κ3) is 4.46. The van der Waals surface area contributed by atoms with Gasteiger partial charge in [-0.05, 0) is 42.0 Å². The van der Waals surface area contributed by atoms with E-state index in [-0.39, 0.29) is 11.4 Å². The highest BCUT2D eigenvalue weighted by molar-refractivity contribution is 8.00. The summed E-state index contributed by atoms with van der Waals surface area (Å²) in [7, 11) is 4.58. The van der Waals surface area contributed by atoms with E-state index in [1.165, 1.54) is 18.8 Å². The second-order valence-corrected chi connectivity index (χ2v) is 10.5. The maximum Gasteiger partial charge on any atom is 0.308 e. The molecule has 37 heavy (non-hydrogen) atoms. The molecule has 0 radical (unpaired) electrons. The van der Waals surface area contributed by atoms with Gasteiger partial charge < -0.3 is 19.5 Å². The molecule has 5 rings (SSSR count). The number of methoxy groups -OCH3 is 3. The van der Waals surface area contributed by atoms with Gasteiger partial charge in [0.05, 0.1) is 32.3 Å². The second-order valence-electron chi connectivity index (χ2n) is 8.41. The summed E-state index contributed by atoms with van der Waals surface area (Å²) < 4.78 is 17.3. The highest BCUT2D eigenvalue weighted by Gasteiger charge is 2.53. The van der Waals surface area contributed by atoms with Crippen molar-refractivity contribution in [3.63, 3.8) is 0 Å². The van der Waals surface area contributed by atoms with Gasteiger partial charge in [0, 0.05) is 16.5 Å². The smallest absolute Gasteiger partial charge is 0.308 e. The molecular weight excluding hydrogens is 518 g/mol. The lowest BCUT2D eigenvalue weighted by atomic mass is 9.83. The number of aromatic nitrogens is 1. The topological polar surface area (TPSA) is 125 Å². The number of thiazole rings is 1. The minimum absolute atomic E-state index is 0.241. The van der Waals surface area contributed by atoms with Crippen molar-refractivity contribution in [2.24, 2.45) is 5.92 Å². The van der Waals surface area contributed by atoms with Gasteiger partial charge in [0.15, 0.2) is 11.5 Å². The van der Waals surface area contributed by atoms with E-state index in [1.807, 2.05) is 0 Å². The second kappa shape index (κ2) is 9.94. The molecule has 1 fully saturated rings. The number of carbonyl (C=O) groups excluding carboxylic acids is 3. The van der Waals surface area contributed by atoms with E-state index < -0.39 is 34.8 Å². The van der Waals surface area contributed by atoms with E-state index in [1.54, 1.807) is 49.6 Å². The Bertz CT molecular complexity index is 1450. The minimum Gasteiger partial charge on any atom is -0.497 e. The fourth-order valence-electron chi connectivity index (χ4n) is 4.60. The standard InChI is InChI=1S/C25H23N3O7S2/c1-33-14-7-5-13(6-8-14)26-17(29)11-28-24-21(37-25(28)32)18(19-20(36-24)23(31)27-22(19)30)12-4-9-15(34-2)16(10-12)35-3/h4-10,18-20H,11H2,1-3H3,(H,26,29)(H,27,30,31). The maximum absolute atomic E-state index is 13.1. The van der Waals surface area contributed by atoms with Crippen LogP contribution in [0.3, 0.4) is 0 Å². The van der Waals surface area contributed by atoms with E-state index >= 15 is 0 Å². The number of hydrogen-bond acceptors (Lipinski definition) is 9. The predicted molar refractivity (Wildman–Crippen MR) is 138 cm³/mol. The number of benzene rings is 2. The van der Waals surface area contributed by atoms with E-state index in [4.69, 9.17) is 14.2 Å². The first kappa shape index (κ1) is 24.9. The Labute approximate surface area is 219 Å². The molecule has 3 heterocycles. The van der Waals surface area contributed by atoms with Crippen molar-refractivity contribution in [3.8, 4) is 17.2 Å². The van der Waals surface area contributed by atoms with Crippen molar-refractivity contribution in [1.82, 2.24) is 9.88 Å². The summed E-state index contributed by atoms with van der Waals surface area (Å²) in [5.41, 5.74) is 1.26. The fraction of sp³-hybridized carbons (Fsp3) is 0.280. The zero-order valence-electron chi connectivity index (χ0n) is 20.1. The van der Waals surface area contributed by atoms with Gasteiger partial charge in [0.1, 0.15) is 17.5 Å². The molecule has 1 aromatic heterocycles. The summed E-state index contributed by atoms with van der Waals surface area (Å²) in [6.45, 7) is -0.241. The molecule has 1 saturated heterocycles. The highest BCUT2D eigenvalue weighted by Crippen LogP contribution is 2.52. The summed E-state index contributed by atoms with van der Waals surface area (Å²) in [6, 6.07) is 12.1. The van der Waals surface area contributed by atoms with Crippen LogP contribution in [-0.2, 0) is 20.9 Å². The third-order valence-corrected chi connectivity index (χ3v) is 8.95. The molecule has 2 aromatic carbocycles. The molecule has 3 unspecified atom stereocenters. The van der Waals surface area contributed by atoms with Crippen molar-refractivity contribution in [2.45, 2.75) is 22.7 Å². The van der Waals surface area contributed by atoms with Crippen LogP contribution in [0.2, 0.25) is 0 Å². The summed E-state index contributed by atoms with van der Waals surface area (Å²) in [5, 5.41) is 4.97. The Morgan fingerprint density at radius 2 is 1.70 bits per heavy atom. The average molecular weight is 542 g/mol. The van der Waals surface area contributed by atoms with Crippen molar-refractivity contribution in [1.29, 1.82) is 0 Å². The van der Waals surface area contributed by atoms with Crippen LogP contribution < -0.4 is 29.7 Å². The summed E-state index contributed by atoms with van der Waals surface area (Å²) in [6.07, 6.45) is 0. The molecule has 0 spiro atoms. The number of nitrogens with zero attached hydrogens (tertiary/aromatic N) is 1. The summed E-state index contributed by atoms with van der Waals surface area (Å²) in [4.78, 5) is 51.8. The van der Waals surface area contributed by atoms with Crippen molar-refractivity contribution in [3.05, 3.63) is 62.6 Å². The van der Waals surface area contributed by atoms with Gasteiger partial charge in [-0.15, -0.1) is 0 Å². The Morgan fingerprint density at radius 1 is 0.973 bits per heavy atom. The molecule has 2 aliphatic rings. The monoisotopic (exact) mass is 541 g/mol. The quantitative estimate of drug-likeness (QED) is 0.437. The zero-order chi connectivity index (χ0) is 26.3. The minimum atomic E-state index is -0.733. The molecule has 0 aliphatic carbocycles. The van der Waals surface area contributed by atoms with E-state index in [2.05, 4.69) is 10.6 Å². The van der Waals surface area contributed by atoms with Crippen LogP contribution in [0.25, 0.3) is 0 Å². The first-order valence-electron chi connectivity index (χ1n) is 11.2. The van der Waals surface area contributed by atoms with Crippen molar-refractivity contribution in [2.75, 3.05) is 26.6 Å². The lowest BCUT2D eigenvalue weighted by molar-refractivity contribution is -0.126. The third-order valence-electron chi connectivity index (χ3n) is 6.33. The molecular formula is C25H23N3O7S2. The van der Waals surface area contributed by atoms with Gasteiger partial charge in [0.25, 0.3) is 0 Å². The zero-order valence-corrected chi connectivity index (χ0v) is 21.7. The number of fused-ring (bicyclic) bond motifs is 2. The molecule has 2 N–H and O–H groups in total. The number of rotatable bonds is 7. The van der Waals surface area contributed by atoms with Crippen LogP contribution in [0.5, 0.6) is 17.2 Å². The first-order valence-corrected chi connectivity index (χ1v) is 12.9. The Balaban J connectivity index is 1.52. The van der Waals surface area contributed by atoms with Crippen LogP contribution in [0, 0.1) is 5.92 Å². The Kier molecular flexibility index (Phi) is 6.69. The highest BCUT2D eigenvalue weighted by atomic mass is 32.2. The van der Waals surface area contributed by atoms with Gasteiger partial charge in [-0.25, -0.2) is 0 Å². The lowest BCUT2D eigenvalue weighted by Crippen LogP contribution is -2.32. The Hall–Kier alpha value is -3.77. The Morgan fingerprint density at radius 3 is 2.38 bits per heavy atom. The average Bonchev–Trinajstić information content (AvgIpc) is 3.36. The number of carbonyl (C=O) groups is 3. The number of imide groups is 1. The van der Waals surface area contributed by atoms with Gasteiger partial charge >= 0.3 is 4.87 Å². The largest absolute Gasteiger partial charge is 0.497 e. The number of thioether (sulfide) groups is 1. The van der Waals surface area contributed by atoms with Crippen LogP contribution in [0.1, 0.15) is 16.4 Å². The molecule has 0 bridgehead atoms. The number of hydrogen-bond donors (Lipinski definition) is 2. The fourth-order valence-corrected chi connectivity index (χ4v) is 7.34. The van der Waals surface area contributed by atoms with Gasteiger partial charge in [-0.2, -0.15) is 0 Å². The SMILES string of the molecule is COc1ccc(NC(=O)Cn2c3c(sc2=O)C(c2ccc(OC)c(OC)c2)C2C(=O)NC(=O)C2S3)cc1. The van der Waals surface area contributed by atoms with E-state index in [9.17, 15) is 19.2 Å². The predicted octanol–water partition coefficient (Wildman–Crippen LogP) is 2.45. The first-order chi connectivity index (χ1) is 17.8. The summed E-state index contributed by atoms with van der Waals surface area (Å²) >= 11 is 2.12. The van der Waals surface area contributed by atoms with E-state index in [0.717, 1.165) is 23.1 Å². The van der Waals surface area contributed by atoms with Crippen molar-refractivity contribution >= 4 is 46.5 Å². The van der Waals surface area contributed by atoms with Crippen LogP contribution in [-0.4, -0.2) is 48.9 Å². The number of ether oxygens (including phenoxy) is 3. The number of nitrogens with one attached hydrogen (secondary N) is 2. The molecule has 12 heteroatoms. The molecule has 3 amide bonds. The lowest BCUT2D eigenvalue weighted by Gasteiger charge is -2.31. The molecule has 0 saturated carbocycles. The number of anilines is 1. The van der Waals surface area contributed by atoms with Crippen molar-refractivity contribution < 1.29 is 28.6 Å². The molecule has 3 aromatic rings. The molecule has 3 atom stereocenters.